The fourth-order valence-corrected chi connectivity index (χ4v) is 3.97. The van der Waals surface area contributed by atoms with Crippen molar-refractivity contribution in [2.75, 3.05) is 19.6 Å². The van der Waals surface area contributed by atoms with Gasteiger partial charge in [-0.3, -0.25) is 14.5 Å². The molecule has 0 bridgehead atoms. The number of hydrogen-bond donors (Lipinski definition) is 1. The molecular weight excluding hydrogens is 358 g/mol. The number of imide groups is 1. The van der Waals surface area contributed by atoms with Crippen LogP contribution in [0.25, 0.3) is 11.0 Å². The number of furan rings is 1. The first-order valence-corrected chi connectivity index (χ1v) is 9.90. The van der Waals surface area contributed by atoms with Crippen molar-refractivity contribution in [2.45, 2.75) is 44.6 Å². The quantitative estimate of drug-likeness (QED) is 0.826. The number of likely N-dealkylation sites (tertiary alicyclic amines) is 1. The van der Waals surface area contributed by atoms with E-state index >= 15 is 0 Å². The number of fused-ring (bicyclic) bond motifs is 1. The lowest BCUT2D eigenvalue weighted by Crippen LogP contribution is -2.45. The van der Waals surface area contributed by atoms with Crippen molar-refractivity contribution in [3.8, 4) is 0 Å². The van der Waals surface area contributed by atoms with Gasteiger partial charge in [-0.05, 0) is 31.9 Å². The predicted molar refractivity (Wildman–Crippen MR) is 103 cm³/mol. The van der Waals surface area contributed by atoms with Crippen LogP contribution in [-0.2, 0) is 15.1 Å². The Morgan fingerprint density at radius 2 is 1.79 bits per heavy atom. The number of amides is 4. The van der Waals surface area contributed by atoms with E-state index in [0.717, 1.165) is 36.0 Å². The van der Waals surface area contributed by atoms with Gasteiger partial charge < -0.3 is 14.6 Å². The van der Waals surface area contributed by atoms with Crippen LogP contribution in [0.4, 0.5) is 4.79 Å². The second-order valence-electron chi connectivity index (χ2n) is 7.74. The van der Waals surface area contributed by atoms with Gasteiger partial charge in [-0.2, -0.15) is 0 Å². The summed E-state index contributed by atoms with van der Waals surface area (Å²) in [4.78, 5) is 41.1. The highest BCUT2D eigenvalue weighted by Gasteiger charge is 2.51. The van der Waals surface area contributed by atoms with Gasteiger partial charge in [0.2, 0.25) is 5.91 Å². The summed E-state index contributed by atoms with van der Waals surface area (Å²) >= 11 is 0. The summed E-state index contributed by atoms with van der Waals surface area (Å²) in [5, 5.41) is 3.57. The van der Waals surface area contributed by atoms with Crippen molar-refractivity contribution in [3.63, 3.8) is 0 Å². The second-order valence-corrected chi connectivity index (χ2v) is 7.74. The minimum Gasteiger partial charge on any atom is -0.458 e. The zero-order chi connectivity index (χ0) is 19.7. The number of nitrogens with zero attached hydrogens (tertiary/aromatic N) is 2. The zero-order valence-corrected chi connectivity index (χ0v) is 16.1. The number of carbonyl (C=O) groups is 3. The summed E-state index contributed by atoms with van der Waals surface area (Å²) in [6.07, 6.45) is 5.34. The molecule has 4 amide bonds. The molecule has 0 radical (unpaired) electrons. The van der Waals surface area contributed by atoms with Gasteiger partial charge in [-0.25, -0.2) is 4.79 Å². The maximum atomic E-state index is 13.1. The van der Waals surface area contributed by atoms with Gasteiger partial charge in [-0.1, -0.05) is 37.5 Å². The van der Waals surface area contributed by atoms with Crippen molar-refractivity contribution in [3.05, 3.63) is 36.1 Å². The number of urea groups is 1. The molecule has 1 atom stereocenters. The van der Waals surface area contributed by atoms with E-state index in [1.54, 1.807) is 17.9 Å². The lowest BCUT2D eigenvalue weighted by Gasteiger charge is -2.26. The largest absolute Gasteiger partial charge is 0.458 e. The number of para-hydroxylation sites is 1. The number of carbonyl (C=O) groups excluding carboxylic acids is 3. The van der Waals surface area contributed by atoms with E-state index in [1.165, 1.54) is 6.42 Å². The van der Waals surface area contributed by atoms with Gasteiger partial charge in [0.05, 0.1) is 0 Å². The number of hydrogen-bond acceptors (Lipinski definition) is 4. The van der Waals surface area contributed by atoms with Crippen LogP contribution >= 0.6 is 0 Å². The van der Waals surface area contributed by atoms with E-state index in [1.807, 2.05) is 24.3 Å². The number of rotatable bonds is 3. The average Bonchev–Trinajstić information content (AvgIpc) is 3.17. The van der Waals surface area contributed by atoms with E-state index in [-0.39, 0.29) is 12.5 Å². The molecule has 4 rings (SSSR count). The van der Waals surface area contributed by atoms with Gasteiger partial charge in [-0.15, -0.1) is 0 Å². The Morgan fingerprint density at radius 1 is 1.11 bits per heavy atom. The lowest BCUT2D eigenvalue weighted by atomic mass is 9.99. The zero-order valence-electron chi connectivity index (χ0n) is 16.1. The van der Waals surface area contributed by atoms with Crippen LogP contribution in [0.1, 0.15) is 44.8 Å². The molecule has 0 saturated carbocycles. The first kappa shape index (κ1) is 18.5. The van der Waals surface area contributed by atoms with Gasteiger partial charge in [0, 0.05) is 18.5 Å². The predicted octanol–water partition coefficient (Wildman–Crippen LogP) is 2.99. The summed E-state index contributed by atoms with van der Waals surface area (Å²) in [6.45, 7) is 2.75. The second kappa shape index (κ2) is 7.30. The van der Waals surface area contributed by atoms with Crippen LogP contribution in [0, 0.1) is 0 Å². The maximum Gasteiger partial charge on any atom is 0.325 e. The van der Waals surface area contributed by atoms with E-state index < -0.39 is 17.5 Å². The molecule has 2 fully saturated rings. The maximum absolute atomic E-state index is 13.1. The van der Waals surface area contributed by atoms with E-state index in [9.17, 15) is 14.4 Å². The first-order valence-electron chi connectivity index (χ1n) is 9.90. The average molecular weight is 383 g/mol. The first-order chi connectivity index (χ1) is 13.5. The molecule has 7 heteroatoms. The molecule has 2 saturated heterocycles. The van der Waals surface area contributed by atoms with E-state index in [4.69, 9.17) is 4.42 Å². The molecule has 2 aromatic rings. The van der Waals surface area contributed by atoms with E-state index in [0.29, 0.717) is 24.4 Å². The fourth-order valence-electron chi connectivity index (χ4n) is 3.97. The minimum atomic E-state index is -1.31. The lowest BCUT2D eigenvalue weighted by molar-refractivity contribution is -0.139. The molecule has 28 heavy (non-hydrogen) atoms. The summed E-state index contributed by atoms with van der Waals surface area (Å²) in [6, 6.07) is 8.63. The molecule has 1 N–H and O–H groups in total. The van der Waals surface area contributed by atoms with Crippen molar-refractivity contribution < 1.29 is 18.8 Å². The Hall–Kier alpha value is -2.83. The summed E-state index contributed by atoms with van der Waals surface area (Å²) in [5.74, 6) is -0.274. The molecule has 2 aliphatic rings. The van der Waals surface area contributed by atoms with Crippen LogP contribution in [0.15, 0.2) is 34.7 Å². The monoisotopic (exact) mass is 383 g/mol. The highest BCUT2D eigenvalue weighted by atomic mass is 16.3. The summed E-state index contributed by atoms with van der Waals surface area (Å²) in [7, 11) is 0. The normalized spacial score (nSPS) is 23.6. The van der Waals surface area contributed by atoms with Gasteiger partial charge >= 0.3 is 6.03 Å². The molecule has 0 spiro atoms. The molecule has 148 valence electrons. The molecule has 7 nitrogen and oxygen atoms in total. The Morgan fingerprint density at radius 3 is 2.50 bits per heavy atom. The molecule has 0 aliphatic carbocycles. The van der Waals surface area contributed by atoms with Crippen molar-refractivity contribution in [1.82, 2.24) is 15.1 Å². The van der Waals surface area contributed by atoms with Crippen molar-refractivity contribution in [2.24, 2.45) is 0 Å². The summed E-state index contributed by atoms with van der Waals surface area (Å²) in [5.41, 5.74) is -0.664. The van der Waals surface area contributed by atoms with Gasteiger partial charge in [0.15, 0.2) is 5.54 Å². The van der Waals surface area contributed by atoms with Crippen molar-refractivity contribution in [1.29, 1.82) is 0 Å². The third kappa shape index (κ3) is 3.25. The van der Waals surface area contributed by atoms with Crippen LogP contribution in [0.2, 0.25) is 0 Å². The summed E-state index contributed by atoms with van der Waals surface area (Å²) < 4.78 is 5.82. The van der Waals surface area contributed by atoms with Crippen LogP contribution in [0.3, 0.4) is 0 Å². The molecule has 2 aliphatic heterocycles. The molecule has 1 unspecified atom stereocenters. The third-order valence-electron chi connectivity index (χ3n) is 5.70. The smallest absolute Gasteiger partial charge is 0.325 e. The third-order valence-corrected chi connectivity index (χ3v) is 5.70. The molecule has 1 aromatic heterocycles. The van der Waals surface area contributed by atoms with Gasteiger partial charge in [0.1, 0.15) is 17.9 Å². The van der Waals surface area contributed by atoms with Gasteiger partial charge in [0.25, 0.3) is 5.91 Å². The molecular formula is C21H25N3O4. The number of benzene rings is 1. The van der Waals surface area contributed by atoms with Crippen LogP contribution in [0.5, 0.6) is 0 Å². The molecule has 1 aromatic carbocycles. The highest BCUT2D eigenvalue weighted by molar-refractivity contribution is 6.09. The Labute approximate surface area is 163 Å². The van der Waals surface area contributed by atoms with E-state index in [2.05, 4.69) is 5.32 Å². The molecule has 3 heterocycles. The Kier molecular flexibility index (Phi) is 4.83. The highest BCUT2D eigenvalue weighted by Crippen LogP contribution is 2.33. The topological polar surface area (TPSA) is 82.9 Å². The van der Waals surface area contributed by atoms with Crippen LogP contribution in [-0.4, -0.2) is 47.3 Å². The Bertz CT molecular complexity index is 880. The van der Waals surface area contributed by atoms with Crippen LogP contribution < -0.4 is 5.32 Å². The fraction of sp³-hybridized carbons (Fsp3) is 0.476. The number of nitrogens with one attached hydrogen (secondary N) is 1. The standard InChI is InChI=1S/C21H25N3O4/c1-21(17-13-15-9-5-6-10-16(15)28-17)19(26)24(20(27)22-21)14-18(25)23-11-7-3-2-4-8-12-23/h5-6,9-10,13H,2-4,7-8,11-12,14H2,1H3,(H,22,27). The Balaban J connectivity index is 1.52. The minimum absolute atomic E-state index is 0.181. The SMILES string of the molecule is CC1(c2cc3ccccc3o2)NC(=O)N(CC(=O)N2CCCCCCC2)C1=O. The van der Waals surface area contributed by atoms with Crippen molar-refractivity contribution >= 4 is 28.8 Å².